The number of carbonyl (C=O) groups excluding carboxylic acids is 1. The summed E-state index contributed by atoms with van der Waals surface area (Å²) in [6.07, 6.45) is 2.98. The number of hydrogen-bond donors (Lipinski definition) is 4. The maximum absolute atomic E-state index is 13.7. The van der Waals surface area contributed by atoms with Crippen LogP contribution in [0.25, 0.3) is 0 Å². The molecule has 4 N–H and O–H groups in total. The van der Waals surface area contributed by atoms with Gasteiger partial charge in [0.2, 0.25) is 0 Å². The molecule has 0 bridgehead atoms. The topological polar surface area (TPSA) is 86.4 Å². The van der Waals surface area contributed by atoms with E-state index in [1.807, 2.05) is 12.1 Å². The average molecular weight is 458 g/mol. The number of rotatable bonds is 11. The molecule has 0 aliphatic heterocycles. The molecule has 6 nitrogen and oxygen atoms in total. The Hall–Kier alpha value is -3.23. The van der Waals surface area contributed by atoms with E-state index >= 15 is 0 Å². The number of methoxy groups -OCH3 is 1. The number of hydrogen-bond acceptors (Lipinski definition) is 4. The van der Waals surface area contributed by atoms with Crippen molar-refractivity contribution in [3.8, 4) is 5.75 Å². The number of amides is 1. The first-order valence-electron chi connectivity index (χ1n) is 10.8. The zero-order valence-electron chi connectivity index (χ0n) is 18.7. The lowest BCUT2D eigenvalue weighted by Crippen LogP contribution is -2.48. The maximum atomic E-state index is 13.7. The first-order chi connectivity index (χ1) is 15.9. The van der Waals surface area contributed by atoms with Crippen molar-refractivity contribution < 1.29 is 23.4 Å². The Kier molecular flexibility index (Phi) is 8.57. The van der Waals surface area contributed by atoms with E-state index in [0.29, 0.717) is 17.9 Å². The van der Waals surface area contributed by atoms with E-state index in [2.05, 4.69) is 34.7 Å². The van der Waals surface area contributed by atoms with Crippen molar-refractivity contribution >= 4 is 5.91 Å². The monoisotopic (exact) mass is 457 g/mol. The second kappa shape index (κ2) is 11.6. The number of aromatic nitrogens is 1. The summed E-state index contributed by atoms with van der Waals surface area (Å²) in [6.45, 7) is 2.79. The van der Waals surface area contributed by atoms with Crippen LogP contribution in [-0.4, -0.2) is 41.8 Å². The largest absolute Gasteiger partial charge is 0.494 e. The van der Waals surface area contributed by atoms with E-state index in [9.17, 15) is 18.7 Å². The van der Waals surface area contributed by atoms with E-state index in [0.717, 1.165) is 18.1 Å². The van der Waals surface area contributed by atoms with Crippen LogP contribution in [0.3, 0.4) is 0 Å². The standard InChI is InChI=1S/C25H29F2N3O3/c1-3-16-5-4-6-17(7-16)12-28-14-23(31)22(10-18-8-19(26)11-20(27)9-18)30-25(32)21-13-29-15-24(21)33-2/h4-9,11,13,15,22-23,28-29,31H,3,10,12,14H2,1-2H3,(H,30,32). The van der Waals surface area contributed by atoms with Crippen LogP contribution < -0.4 is 15.4 Å². The molecule has 2 atom stereocenters. The molecule has 2 unspecified atom stereocenters. The maximum Gasteiger partial charge on any atom is 0.256 e. The third-order valence-electron chi connectivity index (χ3n) is 5.41. The van der Waals surface area contributed by atoms with Crippen molar-refractivity contribution in [3.63, 3.8) is 0 Å². The molecule has 8 heteroatoms. The Morgan fingerprint density at radius 1 is 1.09 bits per heavy atom. The summed E-state index contributed by atoms with van der Waals surface area (Å²) < 4.78 is 32.6. The zero-order valence-corrected chi connectivity index (χ0v) is 18.7. The van der Waals surface area contributed by atoms with Crippen LogP contribution in [0.4, 0.5) is 8.78 Å². The van der Waals surface area contributed by atoms with E-state index in [1.54, 1.807) is 0 Å². The number of halogens is 2. The molecule has 176 valence electrons. The second-order valence-electron chi connectivity index (χ2n) is 7.87. The summed E-state index contributed by atoms with van der Waals surface area (Å²) in [7, 11) is 1.44. The predicted molar refractivity (Wildman–Crippen MR) is 122 cm³/mol. The van der Waals surface area contributed by atoms with Crippen LogP contribution in [-0.2, 0) is 19.4 Å². The van der Waals surface area contributed by atoms with Gasteiger partial charge in [0.25, 0.3) is 5.91 Å². The molecule has 0 aliphatic rings. The third kappa shape index (κ3) is 6.87. The molecule has 2 aromatic carbocycles. The van der Waals surface area contributed by atoms with Gasteiger partial charge < -0.3 is 25.5 Å². The van der Waals surface area contributed by atoms with Crippen molar-refractivity contribution in [3.05, 3.63) is 88.7 Å². The number of ether oxygens (including phenoxy) is 1. The second-order valence-corrected chi connectivity index (χ2v) is 7.87. The molecule has 1 heterocycles. The van der Waals surface area contributed by atoms with Crippen molar-refractivity contribution in [2.75, 3.05) is 13.7 Å². The molecule has 3 rings (SSSR count). The number of aliphatic hydroxyl groups is 1. The van der Waals surface area contributed by atoms with Gasteiger partial charge in [-0.05, 0) is 41.7 Å². The van der Waals surface area contributed by atoms with Crippen LogP contribution in [0.2, 0.25) is 0 Å². The van der Waals surface area contributed by atoms with Crippen LogP contribution in [0.5, 0.6) is 5.75 Å². The van der Waals surface area contributed by atoms with Crippen molar-refractivity contribution in [2.45, 2.75) is 38.5 Å². The number of benzene rings is 2. The number of carbonyl (C=O) groups is 1. The molecule has 0 spiro atoms. The molecule has 1 amide bonds. The highest BCUT2D eigenvalue weighted by molar-refractivity contribution is 5.97. The zero-order chi connectivity index (χ0) is 23.8. The quantitative estimate of drug-likeness (QED) is 0.356. The van der Waals surface area contributed by atoms with Gasteiger partial charge in [0.05, 0.1) is 24.8 Å². The number of aliphatic hydroxyl groups excluding tert-OH is 1. The fraction of sp³-hybridized carbons (Fsp3) is 0.320. The number of H-pyrrole nitrogens is 1. The summed E-state index contributed by atoms with van der Waals surface area (Å²) >= 11 is 0. The minimum Gasteiger partial charge on any atom is -0.494 e. The summed E-state index contributed by atoms with van der Waals surface area (Å²) in [5.41, 5.74) is 2.89. The predicted octanol–water partition coefficient (Wildman–Crippen LogP) is 3.36. The lowest BCUT2D eigenvalue weighted by Gasteiger charge is -2.25. The van der Waals surface area contributed by atoms with Gasteiger partial charge in [0.1, 0.15) is 17.4 Å². The third-order valence-corrected chi connectivity index (χ3v) is 5.41. The van der Waals surface area contributed by atoms with Crippen molar-refractivity contribution in [1.82, 2.24) is 15.6 Å². The highest BCUT2D eigenvalue weighted by Gasteiger charge is 2.24. The molecular weight excluding hydrogens is 428 g/mol. The van der Waals surface area contributed by atoms with Gasteiger partial charge in [-0.1, -0.05) is 31.2 Å². The molecule has 0 fully saturated rings. The van der Waals surface area contributed by atoms with Crippen molar-refractivity contribution in [1.29, 1.82) is 0 Å². The first kappa shape index (κ1) is 24.4. The molecule has 0 saturated heterocycles. The minimum absolute atomic E-state index is 0.0430. The molecule has 1 aromatic heterocycles. The Balaban J connectivity index is 1.71. The van der Waals surface area contributed by atoms with E-state index in [-0.39, 0.29) is 18.5 Å². The average Bonchev–Trinajstić information content (AvgIpc) is 3.27. The number of aromatic amines is 1. The molecule has 33 heavy (non-hydrogen) atoms. The molecule has 3 aromatic rings. The van der Waals surface area contributed by atoms with Gasteiger partial charge in [-0.2, -0.15) is 0 Å². The summed E-state index contributed by atoms with van der Waals surface area (Å²) in [4.78, 5) is 15.6. The van der Waals surface area contributed by atoms with Crippen LogP contribution in [0.15, 0.2) is 54.9 Å². The van der Waals surface area contributed by atoms with Crippen LogP contribution in [0.1, 0.15) is 34.0 Å². The highest BCUT2D eigenvalue weighted by Crippen LogP contribution is 2.18. The Bertz CT molecular complexity index is 1050. The molecule has 0 aliphatic carbocycles. The SMILES string of the molecule is CCc1cccc(CNCC(O)C(Cc2cc(F)cc(F)c2)NC(=O)c2c[nH]cc2OC)c1. The smallest absolute Gasteiger partial charge is 0.256 e. The van der Waals surface area contributed by atoms with Crippen LogP contribution in [0, 0.1) is 11.6 Å². The van der Waals surface area contributed by atoms with Gasteiger partial charge in [-0.15, -0.1) is 0 Å². The Morgan fingerprint density at radius 2 is 1.82 bits per heavy atom. The fourth-order valence-corrected chi connectivity index (χ4v) is 3.67. The van der Waals surface area contributed by atoms with Gasteiger partial charge in [0.15, 0.2) is 0 Å². The van der Waals surface area contributed by atoms with Crippen molar-refractivity contribution in [2.24, 2.45) is 0 Å². The lowest BCUT2D eigenvalue weighted by atomic mass is 10.00. The van der Waals surface area contributed by atoms with E-state index in [1.165, 1.54) is 37.2 Å². The Morgan fingerprint density at radius 3 is 2.52 bits per heavy atom. The fourth-order valence-electron chi connectivity index (χ4n) is 3.67. The minimum atomic E-state index is -1.01. The molecule has 0 saturated carbocycles. The summed E-state index contributed by atoms with van der Waals surface area (Å²) in [6, 6.07) is 10.5. The summed E-state index contributed by atoms with van der Waals surface area (Å²) in [5.74, 6) is -1.55. The van der Waals surface area contributed by atoms with Gasteiger partial charge >= 0.3 is 0 Å². The highest BCUT2D eigenvalue weighted by atomic mass is 19.1. The molecular formula is C25H29F2N3O3. The first-order valence-corrected chi connectivity index (χ1v) is 10.8. The molecule has 0 radical (unpaired) electrons. The van der Waals surface area contributed by atoms with Gasteiger partial charge in [-0.3, -0.25) is 4.79 Å². The van der Waals surface area contributed by atoms with Gasteiger partial charge in [0, 0.05) is 31.5 Å². The number of aryl methyl sites for hydroxylation is 1. The van der Waals surface area contributed by atoms with E-state index in [4.69, 9.17) is 4.74 Å². The van der Waals surface area contributed by atoms with Gasteiger partial charge in [-0.25, -0.2) is 8.78 Å². The number of nitrogens with one attached hydrogen (secondary N) is 3. The Labute approximate surface area is 192 Å². The van der Waals surface area contributed by atoms with Crippen LogP contribution >= 0.6 is 0 Å². The van der Waals surface area contributed by atoms with E-state index < -0.39 is 29.7 Å². The summed E-state index contributed by atoms with van der Waals surface area (Å²) in [5, 5.41) is 16.8. The lowest BCUT2D eigenvalue weighted by molar-refractivity contribution is 0.0827. The normalized spacial score (nSPS) is 12.9.